The van der Waals surface area contributed by atoms with Crippen molar-refractivity contribution in [3.05, 3.63) is 17.0 Å². The molecule has 2 heterocycles. The first-order chi connectivity index (χ1) is 7.97. The molecule has 4 heteroatoms. The van der Waals surface area contributed by atoms with E-state index in [9.17, 15) is 0 Å². The molecular weight excluding hydrogens is 234 g/mol. The van der Waals surface area contributed by atoms with Crippen LogP contribution < -0.4 is 4.90 Å². The van der Waals surface area contributed by atoms with Crippen LogP contribution in [0, 0.1) is 11.8 Å². The SMILES string of the molecule is CC(C)c1nc(Cl)cc(N2CC(C)C(C)C2)n1. The normalized spacial score (nSPS) is 24.7. The molecule has 17 heavy (non-hydrogen) atoms. The molecule has 0 aromatic carbocycles. The fourth-order valence-corrected chi connectivity index (χ4v) is 2.34. The van der Waals surface area contributed by atoms with E-state index in [2.05, 4.69) is 42.6 Å². The largest absolute Gasteiger partial charge is 0.356 e. The fourth-order valence-electron chi connectivity index (χ4n) is 2.16. The van der Waals surface area contributed by atoms with Crippen LogP contribution in [0.25, 0.3) is 0 Å². The van der Waals surface area contributed by atoms with Gasteiger partial charge in [-0.05, 0) is 11.8 Å². The van der Waals surface area contributed by atoms with Gasteiger partial charge in [-0.2, -0.15) is 0 Å². The van der Waals surface area contributed by atoms with Gasteiger partial charge in [-0.15, -0.1) is 0 Å². The second-order valence-electron chi connectivity index (χ2n) is 5.42. The maximum atomic E-state index is 6.07. The number of anilines is 1. The summed E-state index contributed by atoms with van der Waals surface area (Å²) in [7, 11) is 0. The summed E-state index contributed by atoms with van der Waals surface area (Å²) in [4.78, 5) is 11.2. The molecule has 1 aliphatic rings. The summed E-state index contributed by atoms with van der Waals surface area (Å²) in [6.07, 6.45) is 0. The summed E-state index contributed by atoms with van der Waals surface area (Å²) in [5, 5.41) is 0.547. The molecule has 1 aromatic heterocycles. The third kappa shape index (κ3) is 2.71. The van der Waals surface area contributed by atoms with Crippen LogP contribution in [0.15, 0.2) is 6.07 Å². The molecule has 0 saturated carbocycles. The van der Waals surface area contributed by atoms with Gasteiger partial charge in [0.15, 0.2) is 0 Å². The van der Waals surface area contributed by atoms with Gasteiger partial charge in [0, 0.05) is 25.1 Å². The Morgan fingerprint density at radius 3 is 2.35 bits per heavy atom. The van der Waals surface area contributed by atoms with Crippen LogP contribution in [-0.4, -0.2) is 23.1 Å². The molecule has 1 aliphatic heterocycles. The van der Waals surface area contributed by atoms with Crippen molar-refractivity contribution in [1.82, 2.24) is 9.97 Å². The van der Waals surface area contributed by atoms with Crippen molar-refractivity contribution in [3.63, 3.8) is 0 Å². The predicted octanol–water partition coefficient (Wildman–Crippen LogP) is 3.35. The first-order valence-electron chi connectivity index (χ1n) is 6.26. The van der Waals surface area contributed by atoms with Gasteiger partial charge >= 0.3 is 0 Å². The second kappa shape index (κ2) is 4.81. The quantitative estimate of drug-likeness (QED) is 0.757. The lowest BCUT2D eigenvalue weighted by molar-refractivity contribution is 0.494. The van der Waals surface area contributed by atoms with Crippen molar-refractivity contribution in [1.29, 1.82) is 0 Å². The number of halogens is 1. The van der Waals surface area contributed by atoms with Crippen LogP contribution in [0.1, 0.15) is 39.4 Å². The first kappa shape index (κ1) is 12.6. The van der Waals surface area contributed by atoms with E-state index in [1.54, 1.807) is 0 Å². The zero-order valence-electron chi connectivity index (χ0n) is 10.9. The van der Waals surface area contributed by atoms with Crippen LogP contribution >= 0.6 is 11.6 Å². The van der Waals surface area contributed by atoms with E-state index >= 15 is 0 Å². The highest BCUT2D eigenvalue weighted by Crippen LogP contribution is 2.28. The molecule has 2 atom stereocenters. The van der Waals surface area contributed by atoms with Gasteiger partial charge in [-0.1, -0.05) is 39.3 Å². The van der Waals surface area contributed by atoms with Crippen molar-refractivity contribution in [3.8, 4) is 0 Å². The van der Waals surface area contributed by atoms with Crippen molar-refractivity contribution < 1.29 is 0 Å². The minimum Gasteiger partial charge on any atom is -0.356 e. The van der Waals surface area contributed by atoms with Gasteiger partial charge < -0.3 is 4.90 Å². The minimum absolute atomic E-state index is 0.310. The molecule has 94 valence electrons. The molecule has 0 radical (unpaired) electrons. The lowest BCUT2D eigenvalue weighted by atomic mass is 10.0. The Morgan fingerprint density at radius 2 is 1.82 bits per heavy atom. The van der Waals surface area contributed by atoms with Crippen molar-refractivity contribution in [2.45, 2.75) is 33.6 Å². The number of aromatic nitrogens is 2. The van der Waals surface area contributed by atoms with Crippen molar-refractivity contribution >= 4 is 17.4 Å². The van der Waals surface area contributed by atoms with Gasteiger partial charge in [0.05, 0.1) is 0 Å². The molecule has 2 rings (SSSR count). The van der Waals surface area contributed by atoms with Crippen LogP contribution in [0.4, 0.5) is 5.82 Å². The Labute approximate surface area is 108 Å². The Morgan fingerprint density at radius 1 is 1.24 bits per heavy atom. The summed E-state index contributed by atoms with van der Waals surface area (Å²) in [6, 6.07) is 1.87. The van der Waals surface area contributed by atoms with Crippen LogP contribution in [0.5, 0.6) is 0 Å². The summed E-state index contributed by atoms with van der Waals surface area (Å²) in [5.74, 6) is 3.55. The number of hydrogen-bond acceptors (Lipinski definition) is 3. The summed E-state index contributed by atoms with van der Waals surface area (Å²) in [5.41, 5.74) is 0. The molecule has 0 N–H and O–H groups in total. The van der Waals surface area contributed by atoms with Gasteiger partial charge in [0.1, 0.15) is 16.8 Å². The highest BCUT2D eigenvalue weighted by Gasteiger charge is 2.27. The van der Waals surface area contributed by atoms with Crippen LogP contribution in [0.2, 0.25) is 5.15 Å². The first-order valence-corrected chi connectivity index (χ1v) is 6.64. The van der Waals surface area contributed by atoms with Crippen molar-refractivity contribution in [2.75, 3.05) is 18.0 Å². The molecular formula is C13H20ClN3. The van der Waals surface area contributed by atoms with Crippen molar-refractivity contribution in [2.24, 2.45) is 11.8 Å². The highest BCUT2D eigenvalue weighted by molar-refractivity contribution is 6.29. The summed E-state index contributed by atoms with van der Waals surface area (Å²) in [6.45, 7) is 10.9. The number of hydrogen-bond donors (Lipinski definition) is 0. The monoisotopic (exact) mass is 253 g/mol. The molecule has 2 unspecified atom stereocenters. The van der Waals surface area contributed by atoms with Gasteiger partial charge in [-0.25, -0.2) is 9.97 Å². The maximum Gasteiger partial charge on any atom is 0.135 e. The van der Waals surface area contributed by atoms with Crippen LogP contribution in [0.3, 0.4) is 0 Å². The topological polar surface area (TPSA) is 29.0 Å². The third-order valence-corrected chi connectivity index (χ3v) is 3.72. The lowest BCUT2D eigenvalue weighted by Gasteiger charge is -2.18. The number of nitrogens with zero attached hydrogens (tertiary/aromatic N) is 3. The zero-order chi connectivity index (χ0) is 12.6. The molecule has 0 amide bonds. The molecule has 0 aliphatic carbocycles. The van der Waals surface area contributed by atoms with Crippen LogP contribution in [-0.2, 0) is 0 Å². The lowest BCUT2D eigenvalue weighted by Crippen LogP contribution is -2.21. The van der Waals surface area contributed by atoms with E-state index < -0.39 is 0 Å². The molecule has 0 bridgehead atoms. The van der Waals surface area contributed by atoms with E-state index in [1.807, 2.05) is 6.07 Å². The Balaban J connectivity index is 2.27. The smallest absolute Gasteiger partial charge is 0.135 e. The average molecular weight is 254 g/mol. The second-order valence-corrected chi connectivity index (χ2v) is 5.81. The Bertz CT molecular complexity index is 396. The Kier molecular flexibility index (Phi) is 3.57. The van der Waals surface area contributed by atoms with Gasteiger partial charge in [-0.3, -0.25) is 0 Å². The average Bonchev–Trinajstić information content (AvgIpc) is 2.58. The minimum atomic E-state index is 0.310. The summed E-state index contributed by atoms with van der Waals surface area (Å²) < 4.78 is 0. The third-order valence-electron chi connectivity index (χ3n) is 3.53. The van der Waals surface area contributed by atoms with E-state index in [0.29, 0.717) is 22.9 Å². The van der Waals surface area contributed by atoms with Gasteiger partial charge in [0.2, 0.25) is 0 Å². The summed E-state index contributed by atoms with van der Waals surface area (Å²) >= 11 is 6.07. The fraction of sp³-hybridized carbons (Fsp3) is 0.692. The number of rotatable bonds is 2. The highest BCUT2D eigenvalue weighted by atomic mass is 35.5. The van der Waals surface area contributed by atoms with E-state index in [-0.39, 0.29) is 0 Å². The van der Waals surface area contributed by atoms with Gasteiger partial charge in [0.25, 0.3) is 0 Å². The molecule has 1 fully saturated rings. The van der Waals surface area contributed by atoms with E-state index in [0.717, 1.165) is 24.7 Å². The molecule has 1 saturated heterocycles. The Hall–Kier alpha value is -0.830. The zero-order valence-corrected chi connectivity index (χ0v) is 11.7. The predicted molar refractivity (Wildman–Crippen MR) is 71.7 cm³/mol. The van der Waals surface area contributed by atoms with E-state index in [4.69, 9.17) is 11.6 Å². The standard InChI is InChI=1S/C13H20ClN3/c1-8(2)13-15-11(14)5-12(16-13)17-6-9(3)10(4)7-17/h5,8-10H,6-7H2,1-4H3. The maximum absolute atomic E-state index is 6.07. The molecule has 1 aromatic rings. The van der Waals surface area contributed by atoms with E-state index in [1.165, 1.54) is 0 Å². The molecule has 3 nitrogen and oxygen atoms in total. The molecule has 0 spiro atoms.